The van der Waals surface area contributed by atoms with Crippen LogP contribution >= 0.6 is 0 Å². The molecule has 0 unspecified atom stereocenters. The normalized spacial score (nSPS) is 13.5. The van der Waals surface area contributed by atoms with E-state index >= 15 is 0 Å². The van der Waals surface area contributed by atoms with Gasteiger partial charge in [-0.05, 0) is 86.0 Å². The Hall–Kier alpha value is -6.26. The van der Waals surface area contributed by atoms with Crippen molar-refractivity contribution in [1.82, 2.24) is 19.9 Å². The molecule has 4 nitrogen and oxygen atoms in total. The lowest BCUT2D eigenvalue weighted by Crippen LogP contribution is -1.95. The standard InChI is InChI=1S/C46H36N4/c1-28-8-14-32(15-9-28)44-37-22-20-35(47-37)43(31-6-4-5-7-31)36-21-23-38(48-36)45(33-16-10-29(2)11-17-33)40-25-27-42(50-40)46(41-26-24-39(44)49-41)34-18-12-30(3)13-19-34/h4-27,31,47,50H,1-3H3. The van der Waals surface area contributed by atoms with Crippen molar-refractivity contribution in [2.75, 3.05) is 0 Å². The zero-order valence-corrected chi connectivity index (χ0v) is 28.3. The van der Waals surface area contributed by atoms with Crippen LogP contribution in [-0.2, 0) is 0 Å². The number of nitrogens with one attached hydrogen (secondary N) is 2. The first-order valence-electron chi connectivity index (χ1n) is 17.2. The third kappa shape index (κ3) is 5.26. The van der Waals surface area contributed by atoms with Crippen molar-refractivity contribution in [3.8, 4) is 33.4 Å². The van der Waals surface area contributed by atoms with E-state index < -0.39 is 0 Å². The van der Waals surface area contributed by atoms with Crippen molar-refractivity contribution >= 4 is 46.4 Å². The number of fused-ring (bicyclic) bond motifs is 8. The Bertz CT molecular complexity index is 2530. The molecule has 0 fully saturated rings. The highest BCUT2D eigenvalue weighted by Gasteiger charge is 2.20. The van der Waals surface area contributed by atoms with Crippen LogP contribution in [0.3, 0.4) is 0 Å². The first kappa shape index (κ1) is 29.8. The second kappa shape index (κ2) is 12.0. The van der Waals surface area contributed by atoms with Gasteiger partial charge in [0.05, 0.1) is 22.8 Å². The lowest BCUT2D eigenvalue weighted by Gasteiger charge is -2.09. The molecule has 0 radical (unpaired) electrons. The lowest BCUT2D eigenvalue weighted by atomic mass is 9.99. The van der Waals surface area contributed by atoms with E-state index in [2.05, 4.69) is 176 Å². The van der Waals surface area contributed by atoms with Gasteiger partial charge in [-0.2, -0.15) is 0 Å². The molecule has 4 heteroatoms. The Morgan fingerprint density at radius 2 is 0.740 bits per heavy atom. The zero-order valence-electron chi connectivity index (χ0n) is 28.3. The highest BCUT2D eigenvalue weighted by molar-refractivity contribution is 5.98. The van der Waals surface area contributed by atoms with Crippen molar-refractivity contribution in [3.05, 3.63) is 166 Å². The average molecular weight is 645 g/mol. The smallest absolute Gasteiger partial charge is 0.0737 e. The minimum Gasteiger partial charge on any atom is -0.355 e. The summed E-state index contributed by atoms with van der Waals surface area (Å²) in [7, 11) is 0. The van der Waals surface area contributed by atoms with Gasteiger partial charge in [0.2, 0.25) is 0 Å². The number of hydrogen-bond donors (Lipinski definition) is 2. The number of hydrogen-bond acceptors (Lipinski definition) is 2. The van der Waals surface area contributed by atoms with E-state index in [4.69, 9.17) is 9.97 Å². The molecule has 5 heterocycles. The summed E-state index contributed by atoms with van der Waals surface area (Å²) in [5.41, 5.74) is 19.1. The van der Waals surface area contributed by atoms with Crippen molar-refractivity contribution in [3.63, 3.8) is 0 Å². The molecule has 0 atom stereocenters. The van der Waals surface area contributed by atoms with Crippen molar-refractivity contribution in [1.29, 1.82) is 0 Å². The van der Waals surface area contributed by atoms with E-state index in [0.717, 1.165) is 83.8 Å². The Kier molecular flexibility index (Phi) is 7.17. The summed E-state index contributed by atoms with van der Waals surface area (Å²) in [6.07, 6.45) is 17.4. The third-order valence-corrected chi connectivity index (χ3v) is 9.90. The predicted octanol–water partition coefficient (Wildman–Crippen LogP) is 11.8. The highest BCUT2D eigenvalue weighted by atomic mass is 14.8. The summed E-state index contributed by atoms with van der Waals surface area (Å²) in [6, 6.07) is 34.9. The van der Waals surface area contributed by atoms with Crippen LogP contribution in [0.4, 0.5) is 0 Å². The van der Waals surface area contributed by atoms with Gasteiger partial charge in [-0.1, -0.05) is 114 Å². The fourth-order valence-electron chi connectivity index (χ4n) is 7.27. The van der Waals surface area contributed by atoms with Crippen LogP contribution in [0.2, 0.25) is 0 Å². The van der Waals surface area contributed by atoms with Gasteiger partial charge in [-0.15, -0.1) is 0 Å². The van der Waals surface area contributed by atoms with Gasteiger partial charge in [0, 0.05) is 50.2 Å². The van der Waals surface area contributed by atoms with Crippen LogP contribution in [0, 0.1) is 20.8 Å². The number of H-pyrrole nitrogens is 2. The fraction of sp³-hybridized carbons (Fsp3) is 0.0870. The van der Waals surface area contributed by atoms with Crippen molar-refractivity contribution in [2.24, 2.45) is 0 Å². The molecule has 0 amide bonds. The Balaban J connectivity index is 1.46. The number of allylic oxidation sites excluding steroid dienone is 4. The monoisotopic (exact) mass is 644 g/mol. The summed E-state index contributed by atoms with van der Waals surface area (Å²) in [4.78, 5) is 18.5. The lowest BCUT2D eigenvalue weighted by molar-refractivity contribution is 1.08. The van der Waals surface area contributed by atoms with Gasteiger partial charge in [0.15, 0.2) is 0 Å². The van der Waals surface area contributed by atoms with Crippen LogP contribution in [-0.4, -0.2) is 19.9 Å². The second-order valence-electron chi connectivity index (χ2n) is 13.4. The number of aromatic nitrogens is 4. The summed E-state index contributed by atoms with van der Waals surface area (Å²) < 4.78 is 0. The number of benzene rings is 3. The molecular weight excluding hydrogens is 609 g/mol. The molecule has 8 bridgehead atoms. The van der Waals surface area contributed by atoms with Gasteiger partial charge in [-0.3, -0.25) is 0 Å². The van der Waals surface area contributed by atoms with Gasteiger partial charge in [-0.25, -0.2) is 9.97 Å². The van der Waals surface area contributed by atoms with E-state index in [1.54, 1.807) is 0 Å². The van der Waals surface area contributed by atoms with E-state index in [9.17, 15) is 0 Å². The molecular formula is C46H36N4. The molecule has 50 heavy (non-hydrogen) atoms. The molecule has 0 spiro atoms. The second-order valence-corrected chi connectivity index (χ2v) is 13.4. The minimum absolute atomic E-state index is 0.0983. The number of rotatable bonds is 4. The van der Waals surface area contributed by atoms with E-state index in [1.165, 1.54) is 16.7 Å². The van der Waals surface area contributed by atoms with Gasteiger partial charge < -0.3 is 9.97 Å². The molecule has 3 aliphatic rings. The fourth-order valence-corrected chi connectivity index (χ4v) is 7.27. The molecule has 3 aromatic heterocycles. The first-order valence-corrected chi connectivity index (χ1v) is 17.2. The molecule has 1 aliphatic carbocycles. The van der Waals surface area contributed by atoms with Gasteiger partial charge in [0.1, 0.15) is 0 Å². The van der Waals surface area contributed by atoms with Crippen LogP contribution in [0.15, 0.2) is 121 Å². The molecule has 2 aliphatic heterocycles. The van der Waals surface area contributed by atoms with Gasteiger partial charge >= 0.3 is 0 Å². The summed E-state index contributed by atoms with van der Waals surface area (Å²) >= 11 is 0. The predicted molar refractivity (Wildman–Crippen MR) is 210 cm³/mol. The summed E-state index contributed by atoms with van der Waals surface area (Å²) in [6.45, 7) is 6.37. The maximum absolute atomic E-state index is 5.40. The zero-order chi connectivity index (χ0) is 33.8. The molecule has 2 N–H and O–H groups in total. The van der Waals surface area contributed by atoms with Crippen molar-refractivity contribution < 1.29 is 0 Å². The third-order valence-electron chi connectivity index (χ3n) is 9.90. The molecule has 3 aromatic carbocycles. The van der Waals surface area contributed by atoms with Gasteiger partial charge in [0.25, 0.3) is 0 Å². The van der Waals surface area contributed by atoms with Crippen LogP contribution < -0.4 is 0 Å². The number of aromatic amines is 2. The van der Waals surface area contributed by atoms with Crippen molar-refractivity contribution in [2.45, 2.75) is 26.7 Å². The minimum atomic E-state index is 0.0983. The topological polar surface area (TPSA) is 57.4 Å². The average Bonchev–Trinajstić information content (AvgIpc) is 3.97. The highest BCUT2D eigenvalue weighted by Crippen LogP contribution is 2.38. The molecule has 0 saturated carbocycles. The number of nitrogens with zero attached hydrogens (tertiary/aromatic N) is 2. The Morgan fingerprint density at radius 3 is 1.16 bits per heavy atom. The maximum Gasteiger partial charge on any atom is 0.0737 e. The van der Waals surface area contributed by atoms with E-state index in [-0.39, 0.29) is 5.92 Å². The first-order chi connectivity index (χ1) is 24.5. The van der Waals surface area contributed by atoms with E-state index in [1.807, 2.05) is 0 Å². The molecule has 9 rings (SSSR count). The molecule has 6 aromatic rings. The SMILES string of the molecule is Cc1ccc(-c2c3nc(c(-c4ccc(C)cc4)c4ccc([nH]4)c(C4C=CC=C4)c4nc(c(-c5ccc(C)cc5)c5ccc2[nH]5)C=C4)C=C3)cc1. The van der Waals surface area contributed by atoms with Crippen LogP contribution in [0.1, 0.15) is 50.9 Å². The van der Waals surface area contributed by atoms with Crippen LogP contribution in [0.5, 0.6) is 0 Å². The summed E-state index contributed by atoms with van der Waals surface area (Å²) in [5.74, 6) is 0.0983. The number of aryl methyl sites for hydroxylation is 3. The molecule has 240 valence electrons. The van der Waals surface area contributed by atoms with Crippen LogP contribution in [0.25, 0.3) is 79.8 Å². The quantitative estimate of drug-likeness (QED) is 0.200. The van der Waals surface area contributed by atoms with E-state index in [0.29, 0.717) is 0 Å². The Morgan fingerprint density at radius 1 is 0.400 bits per heavy atom. The summed E-state index contributed by atoms with van der Waals surface area (Å²) in [5, 5.41) is 0. The maximum atomic E-state index is 5.40. The molecule has 0 saturated heterocycles. The Labute approximate surface area is 292 Å². The largest absolute Gasteiger partial charge is 0.355 e.